The minimum absolute atomic E-state index is 0.0107. The smallest absolute Gasteiger partial charge is 0.251 e. The molecule has 0 saturated heterocycles. The van der Waals surface area contributed by atoms with Gasteiger partial charge in [0.1, 0.15) is 0 Å². The van der Waals surface area contributed by atoms with Crippen LogP contribution in [0.15, 0.2) is 67.1 Å². The van der Waals surface area contributed by atoms with E-state index >= 15 is 0 Å². The lowest BCUT2D eigenvalue weighted by atomic mass is 10.1. The quantitative estimate of drug-likeness (QED) is 0.297. The van der Waals surface area contributed by atoms with Crippen LogP contribution in [0.3, 0.4) is 0 Å². The van der Waals surface area contributed by atoms with E-state index < -0.39 is 0 Å². The van der Waals surface area contributed by atoms with E-state index in [1.165, 1.54) is 0 Å². The molecule has 35 heavy (non-hydrogen) atoms. The number of aromatic nitrogens is 4. The predicted octanol–water partition coefficient (Wildman–Crippen LogP) is 5.50. The summed E-state index contributed by atoms with van der Waals surface area (Å²) in [6.45, 7) is 5.15. The number of rotatable bonds is 7. The number of hydrogen-bond donors (Lipinski definition) is 3. The summed E-state index contributed by atoms with van der Waals surface area (Å²) in [7, 11) is 0. The molecule has 1 aliphatic rings. The minimum atomic E-state index is -0.0107. The van der Waals surface area contributed by atoms with Crippen molar-refractivity contribution in [2.24, 2.45) is 5.92 Å². The van der Waals surface area contributed by atoms with Gasteiger partial charge < -0.3 is 15.6 Å². The number of carbonyl (C=O) groups excluding carboxylic acids is 1. The molecule has 1 amide bonds. The predicted molar refractivity (Wildman–Crippen MR) is 140 cm³/mol. The first-order chi connectivity index (χ1) is 17.1. The lowest BCUT2D eigenvalue weighted by Crippen LogP contribution is -2.25. The molecule has 5 aromatic rings. The van der Waals surface area contributed by atoms with E-state index in [0.717, 1.165) is 64.3 Å². The van der Waals surface area contributed by atoms with Crippen LogP contribution in [0.25, 0.3) is 39.1 Å². The Morgan fingerprint density at radius 1 is 1.14 bits per heavy atom. The van der Waals surface area contributed by atoms with Crippen molar-refractivity contribution in [1.82, 2.24) is 24.7 Å². The standard InChI is InChI=1S/C28H28N6O/c1-17(2)14-30-26-27-31-15-25(18-6-8-19(9-7-18)28(35)32-20-10-11-20)34(27)16-24(33-26)21-4-3-5-23-22(21)12-13-29-23/h3-9,12-13,15-17,20,29H,10-11,14H2,1-2H3,(H,30,33)(H,32,35). The molecule has 7 nitrogen and oxygen atoms in total. The van der Waals surface area contributed by atoms with Crippen molar-refractivity contribution in [3.63, 3.8) is 0 Å². The molecule has 3 N–H and O–H groups in total. The summed E-state index contributed by atoms with van der Waals surface area (Å²) in [6, 6.07) is 16.4. The summed E-state index contributed by atoms with van der Waals surface area (Å²) in [6.07, 6.45) is 8.02. The molecule has 0 atom stereocenters. The number of fused-ring (bicyclic) bond motifs is 2. The Balaban J connectivity index is 1.44. The zero-order chi connectivity index (χ0) is 23.9. The molecular formula is C28H28N6O. The zero-order valence-corrected chi connectivity index (χ0v) is 19.9. The van der Waals surface area contributed by atoms with Crippen molar-refractivity contribution in [2.75, 3.05) is 11.9 Å². The summed E-state index contributed by atoms with van der Waals surface area (Å²) in [5.41, 5.74) is 6.40. The van der Waals surface area contributed by atoms with Gasteiger partial charge in [-0.1, -0.05) is 38.1 Å². The maximum absolute atomic E-state index is 12.4. The molecule has 0 radical (unpaired) electrons. The summed E-state index contributed by atoms with van der Waals surface area (Å²) in [5, 5.41) is 7.67. The van der Waals surface area contributed by atoms with E-state index in [4.69, 9.17) is 9.97 Å². The van der Waals surface area contributed by atoms with Crippen LogP contribution in [-0.4, -0.2) is 37.8 Å². The van der Waals surface area contributed by atoms with Crippen LogP contribution < -0.4 is 10.6 Å². The highest BCUT2D eigenvalue weighted by Gasteiger charge is 2.24. The highest BCUT2D eigenvalue weighted by molar-refractivity contribution is 5.96. The van der Waals surface area contributed by atoms with Crippen molar-refractivity contribution in [3.05, 3.63) is 72.7 Å². The largest absolute Gasteiger partial charge is 0.367 e. The fraction of sp³-hybridized carbons (Fsp3) is 0.250. The van der Waals surface area contributed by atoms with Gasteiger partial charge in [0.05, 0.1) is 17.6 Å². The Labute approximate surface area is 203 Å². The van der Waals surface area contributed by atoms with Gasteiger partial charge in [0.2, 0.25) is 0 Å². The summed E-state index contributed by atoms with van der Waals surface area (Å²) >= 11 is 0. The van der Waals surface area contributed by atoms with Gasteiger partial charge in [-0.15, -0.1) is 0 Å². The van der Waals surface area contributed by atoms with Crippen LogP contribution in [-0.2, 0) is 0 Å². The van der Waals surface area contributed by atoms with Gasteiger partial charge in [0.25, 0.3) is 5.91 Å². The lowest BCUT2D eigenvalue weighted by molar-refractivity contribution is 0.0951. The van der Waals surface area contributed by atoms with Gasteiger partial charge in [-0.3, -0.25) is 9.20 Å². The molecular weight excluding hydrogens is 436 g/mol. The van der Waals surface area contributed by atoms with Crippen LogP contribution in [0.1, 0.15) is 37.0 Å². The normalized spacial score (nSPS) is 13.6. The Morgan fingerprint density at radius 2 is 1.97 bits per heavy atom. The molecule has 1 saturated carbocycles. The van der Waals surface area contributed by atoms with Crippen LogP contribution in [0.5, 0.6) is 0 Å². The fourth-order valence-electron chi connectivity index (χ4n) is 4.35. The number of carbonyl (C=O) groups is 1. The highest BCUT2D eigenvalue weighted by atomic mass is 16.1. The molecule has 2 aromatic carbocycles. The van der Waals surface area contributed by atoms with Gasteiger partial charge >= 0.3 is 0 Å². The third kappa shape index (κ3) is 4.14. The van der Waals surface area contributed by atoms with Crippen LogP contribution in [0, 0.1) is 5.92 Å². The number of aromatic amines is 1. The van der Waals surface area contributed by atoms with Crippen molar-refractivity contribution >= 4 is 28.3 Å². The summed E-state index contributed by atoms with van der Waals surface area (Å²) < 4.78 is 2.09. The number of nitrogens with one attached hydrogen (secondary N) is 3. The van der Waals surface area contributed by atoms with Crippen LogP contribution in [0.4, 0.5) is 5.82 Å². The first-order valence-corrected chi connectivity index (χ1v) is 12.2. The first kappa shape index (κ1) is 21.4. The molecule has 3 heterocycles. The monoisotopic (exact) mass is 464 g/mol. The summed E-state index contributed by atoms with van der Waals surface area (Å²) in [4.78, 5) is 25.4. The van der Waals surface area contributed by atoms with Crippen molar-refractivity contribution in [3.8, 4) is 22.5 Å². The van der Waals surface area contributed by atoms with Gasteiger partial charge in [0, 0.05) is 52.6 Å². The molecule has 1 fully saturated rings. The average Bonchev–Trinajstić information content (AvgIpc) is 3.37. The molecule has 7 heteroatoms. The van der Waals surface area contributed by atoms with E-state index in [0.29, 0.717) is 17.5 Å². The molecule has 1 aliphatic carbocycles. The van der Waals surface area contributed by atoms with Crippen molar-refractivity contribution < 1.29 is 4.79 Å². The van der Waals surface area contributed by atoms with Gasteiger partial charge in [-0.25, -0.2) is 9.97 Å². The molecule has 6 rings (SSSR count). The second kappa shape index (κ2) is 8.58. The van der Waals surface area contributed by atoms with Crippen LogP contribution >= 0.6 is 0 Å². The molecule has 0 aliphatic heterocycles. The van der Waals surface area contributed by atoms with E-state index in [-0.39, 0.29) is 5.91 Å². The Morgan fingerprint density at radius 3 is 2.74 bits per heavy atom. The average molecular weight is 465 g/mol. The maximum Gasteiger partial charge on any atom is 0.251 e. The molecule has 176 valence electrons. The molecule has 0 spiro atoms. The second-order valence-electron chi connectivity index (χ2n) is 9.66. The third-order valence-corrected chi connectivity index (χ3v) is 6.40. The number of anilines is 1. The van der Waals surface area contributed by atoms with Crippen molar-refractivity contribution in [2.45, 2.75) is 32.7 Å². The van der Waals surface area contributed by atoms with Gasteiger partial charge in [-0.05, 0) is 43.0 Å². The number of imidazole rings is 1. The summed E-state index contributed by atoms with van der Waals surface area (Å²) in [5.74, 6) is 1.22. The molecule has 0 unspecified atom stereocenters. The van der Waals surface area contributed by atoms with E-state index in [1.807, 2.05) is 48.9 Å². The van der Waals surface area contributed by atoms with E-state index in [9.17, 15) is 4.79 Å². The second-order valence-corrected chi connectivity index (χ2v) is 9.66. The number of nitrogens with zero attached hydrogens (tertiary/aromatic N) is 3. The number of amides is 1. The van der Waals surface area contributed by atoms with Crippen molar-refractivity contribution in [1.29, 1.82) is 0 Å². The van der Waals surface area contributed by atoms with Crippen LogP contribution in [0.2, 0.25) is 0 Å². The van der Waals surface area contributed by atoms with E-state index in [2.05, 4.69) is 52.1 Å². The Bertz CT molecular complexity index is 1520. The zero-order valence-electron chi connectivity index (χ0n) is 19.9. The van der Waals surface area contributed by atoms with E-state index in [1.54, 1.807) is 0 Å². The fourth-order valence-corrected chi connectivity index (χ4v) is 4.35. The van der Waals surface area contributed by atoms with Gasteiger partial charge in [0.15, 0.2) is 11.5 Å². The number of hydrogen-bond acceptors (Lipinski definition) is 4. The Kier molecular flexibility index (Phi) is 5.25. The Hall–Kier alpha value is -4.13. The van der Waals surface area contributed by atoms with Gasteiger partial charge in [-0.2, -0.15) is 0 Å². The highest BCUT2D eigenvalue weighted by Crippen LogP contribution is 2.31. The molecule has 3 aromatic heterocycles. The topological polar surface area (TPSA) is 87.1 Å². The lowest BCUT2D eigenvalue weighted by Gasteiger charge is -2.13. The number of benzene rings is 2. The number of H-pyrrole nitrogens is 1. The maximum atomic E-state index is 12.4. The third-order valence-electron chi connectivity index (χ3n) is 6.40. The SMILES string of the molecule is CC(C)CNc1nc(-c2cccc3[nH]ccc23)cn2c(-c3ccc(C(=O)NC4CC4)cc3)cnc12. The minimum Gasteiger partial charge on any atom is -0.367 e. The first-order valence-electron chi connectivity index (χ1n) is 12.2. The molecule has 0 bridgehead atoms.